The third-order valence-corrected chi connectivity index (χ3v) is 2.62. The summed E-state index contributed by atoms with van der Waals surface area (Å²) in [4.78, 5) is 21.3. The Morgan fingerprint density at radius 3 is 2.79 bits per heavy atom. The molecule has 7 heteroatoms. The molecule has 0 saturated carbocycles. The van der Waals surface area contributed by atoms with Crippen molar-refractivity contribution in [3.8, 4) is 0 Å². The van der Waals surface area contributed by atoms with Crippen molar-refractivity contribution in [2.75, 3.05) is 5.32 Å². The molecule has 0 amide bonds. The molecule has 0 atom stereocenters. The van der Waals surface area contributed by atoms with E-state index in [9.17, 15) is 14.9 Å². The van der Waals surface area contributed by atoms with E-state index in [1.165, 1.54) is 12.1 Å². The fourth-order valence-electron chi connectivity index (χ4n) is 1.63. The van der Waals surface area contributed by atoms with Crippen molar-refractivity contribution in [3.05, 3.63) is 56.7 Å². The fourth-order valence-corrected chi connectivity index (χ4v) is 1.63. The lowest BCUT2D eigenvalue weighted by Gasteiger charge is -2.07. The van der Waals surface area contributed by atoms with E-state index in [4.69, 9.17) is 4.42 Å². The number of rotatable bonds is 5. The molecule has 2 rings (SSSR count). The highest BCUT2D eigenvalue weighted by molar-refractivity contribution is 5.40. The van der Waals surface area contributed by atoms with Crippen molar-refractivity contribution in [2.24, 2.45) is 0 Å². The van der Waals surface area contributed by atoms with E-state index in [0.29, 0.717) is 18.8 Å². The average molecular weight is 263 g/mol. The second kappa shape index (κ2) is 5.38. The Morgan fingerprint density at radius 2 is 2.16 bits per heavy atom. The quantitative estimate of drug-likeness (QED) is 0.658. The molecule has 0 radical (unpaired) electrons. The highest BCUT2D eigenvalue weighted by Gasteiger charge is 2.11. The first kappa shape index (κ1) is 12.9. The van der Waals surface area contributed by atoms with Gasteiger partial charge in [-0.2, -0.15) is 0 Å². The zero-order valence-corrected chi connectivity index (χ0v) is 10.3. The van der Waals surface area contributed by atoms with Crippen LogP contribution in [0.5, 0.6) is 0 Å². The molecule has 0 aromatic carbocycles. The van der Waals surface area contributed by atoms with Gasteiger partial charge in [0, 0.05) is 18.8 Å². The summed E-state index contributed by atoms with van der Waals surface area (Å²) in [5, 5.41) is 13.5. The van der Waals surface area contributed by atoms with Gasteiger partial charge in [0.25, 0.3) is 5.56 Å². The molecule has 0 saturated heterocycles. The molecule has 2 aromatic rings. The van der Waals surface area contributed by atoms with Crippen LogP contribution in [0.15, 0.2) is 39.7 Å². The summed E-state index contributed by atoms with van der Waals surface area (Å²) in [6.45, 7) is 2.78. The smallest absolute Gasteiger partial charge is 0.404 e. The highest BCUT2D eigenvalue weighted by atomic mass is 16.6. The summed E-state index contributed by atoms with van der Waals surface area (Å²) >= 11 is 0. The second-order valence-corrected chi connectivity index (χ2v) is 3.89. The fraction of sp³-hybridized carbons (Fsp3) is 0.250. The van der Waals surface area contributed by atoms with E-state index in [0.717, 1.165) is 5.69 Å². The van der Waals surface area contributed by atoms with Gasteiger partial charge in [0.1, 0.15) is 10.7 Å². The summed E-state index contributed by atoms with van der Waals surface area (Å²) in [5.74, 6) is 0.177. The Morgan fingerprint density at radius 1 is 1.37 bits per heavy atom. The van der Waals surface area contributed by atoms with Crippen LogP contribution in [0, 0.1) is 10.1 Å². The molecule has 0 unspecified atom stereocenters. The number of furan rings is 1. The molecular weight excluding hydrogens is 250 g/mol. The summed E-state index contributed by atoms with van der Waals surface area (Å²) in [5.41, 5.74) is 0.683. The Bertz CT molecular complexity index is 644. The molecule has 2 aromatic heterocycles. The first-order valence-electron chi connectivity index (χ1n) is 5.77. The van der Waals surface area contributed by atoms with Gasteiger partial charge in [-0.1, -0.05) is 0 Å². The Labute approximate surface area is 108 Å². The minimum atomic E-state index is -0.583. The maximum Gasteiger partial charge on any atom is 0.433 e. The van der Waals surface area contributed by atoms with Gasteiger partial charge >= 0.3 is 5.88 Å². The number of nitro groups is 1. The van der Waals surface area contributed by atoms with Gasteiger partial charge in [-0.25, -0.2) is 0 Å². The van der Waals surface area contributed by atoms with Crippen molar-refractivity contribution in [3.63, 3.8) is 0 Å². The molecule has 0 aliphatic heterocycles. The predicted molar refractivity (Wildman–Crippen MR) is 69.1 cm³/mol. The molecule has 2 heterocycles. The van der Waals surface area contributed by atoms with E-state index in [2.05, 4.69) is 5.32 Å². The van der Waals surface area contributed by atoms with E-state index < -0.39 is 4.92 Å². The van der Waals surface area contributed by atoms with Crippen LogP contribution in [-0.4, -0.2) is 9.49 Å². The van der Waals surface area contributed by atoms with Crippen molar-refractivity contribution < 1.29 is 9.34 Å². The topological polar surface area (TPSA) is 90.3 Å². The van der Waals surface area contributed by atoms with Crippen LogP contribution in [0.1, 0.15) is 12.7 Å². The predicted octanol–water partition coefficient (Wildman–Crippen LogP) is 1.98. The molecular formula is C12H13N3O4. The second-order valence-electron chi connectivity index (χ2n) is 3.89. The zero-order valence-electron chi connectivity index (χ0n) is 10.3. The lowest BCUT2D eigenvalue weighted by molar-refractivity contribution is -0.402. The van der Waals surface area contributed by atoms with Crippen molar-refractivity contribution >= 4 is 11.6 Å². The standard InChI is InChI=1S/C12H13N3O4/c1-2-14-8-9(3-5-11(14)16)13-7-10-4-6-12(19-10)15(17)18/h3-6,8,13H,2,7H2,1H3. The minimum Gasteiger partial charge on any atom is -0.404 e. The van der Waals surface area contributed by atoms with E-state index >= 15 is 0 Å². The third-order valence-electron chi connectivity index (χ3n) is 2.62. The van der Waals surface area contributed by atoms with Gasteiger partial charge < -0.3 is 14.3 Å². The summed E-state index contributed by atoms with van der Waals surface area (Å²) in [7, 11) is 0. The largest absolute Gasteiger partial charge is 0.433 e. The lowest BCUT2D eigenvalue weighted by Crippen LogP contribution is -2.17. The lowest BCUT2D eigenvalue weighted by atomic mass is 10.3. The number of hydrogen-bond acceptors (Lipinski definition) is 5. The first-order valence-corrected chi connectivity index (χ1v) is 5.77. The number of pyridine rings is 1. The number of anilines is 1. The molecule has 0 fully saturated rings. The van der Waals surface area contributed by atoms with Crippen LogP contribution >= 0.6 is 0 Å². The number of hydrogen-bond donors (Lipinski definition) is 1. The van der Waals surface area contributed by atoms with Gasteiger partial charge in [0.2, 0.25) is 0 Å². The molecule has 0 bridgehead atoms. The van der Waals surface area contributed by atoms with Gasteiger partial charge in [-0.05, 0) is 19.1 Å². The summed E-state index contributed by atoms with van der Waals surface area (Å²) in [6, 6.07) is 5.98. The van der Waals surface area contributed by atoms with Crippen LogP contribution in [0.2, 0.25) is 0 Å². The Hall–Kier alpha value is -2.57. The van der Waals surface area contributed by atoms with Crippen LogP contribution < -0.4 is 10.9 Å². The van der Waals surface area contributed by atoms with Gasteiger partial charge in [0.05, 0.1) is 18.3 Å². The maximum absolute atomic E-state index is 11.4. The number of nitrogens with zero attached hydrogens (tertiary/aromatic N) is 2. The Kier molecular flexibility index (Phi) is 3.65. The van der Waals surface area contributed by atoms with Gasteiger partial charge in [-0.3, -0.25) is 14.9 Å². The molecule has 19 heavy (non-hydrogen) atoms. The van der Waals surface area contributed by atoms with Crippen LogP contribution in [0.3, 0.4) is 0 Å². The SMILES string of the molecule is CCn1cc(NCc2ccc([N+](=O)[O-])o2)ccc1=O. The van der Waals surface area contributed by atoms with Gasteiger partial charge in [0.15, 0.2) is 0 Å². The molecule has 0 aliphatic rings. The van der Waals surface area contributed by atoms with Crippen LogP contribution in [0.25, 0.3) is 0 Å². The normalized spacial score (nSPS) is 10.4. The van der Waals surface area contributed by atoms with E-state index in [1.54, 1.807) is 22.9 Å². The number of nitrogens with one attached hydrogen (secondary N) is 1. The van der Waals surface area contributed by atoms with Crippen molar-refractivity contribution in [1.82, 2.24) is 4.57 Å². The monoisotopic (exact) mass is 263 g/mol. The number of aryl methyl sites for hydroxylation is 1. The first-order chi connectivity index (χ1) is 9.10. The molecule has 1 N–H and O–H groups in total. The summed E-state index contributed by atoms with van der Waals surface area (Å²) in [6.07, 6.45) is 1.69. The van der Waals surface area contributed by atoms with Crippen molar-refractivity contribution in [2.45, 2.75) is 20.0 Å². The van der Waals surface area contributed by atoms with Crippen LogP contribution in [0.4, 0.5) is 11.6 Å². The molecule has 0 aliphatic carbocycles. The summed E-state index contributed by atoms with van der Waals surface area (Å²) < 4.78 is 6.58. The molecule has 100 valence electrons. The molecule has 0 spiro atoms. The van der Waals surface area contributed by atoms with E-state index in [-0.39, 0.29) is 11.4 Å². The average Bonchev–Trinajstić information content (AvgIpc) is 2.87. The minimum absolute atomic E-state index is 0.0679. The van der Waals surface area contributed by atoms with Gasteiger partial charge in [-0.15, -0.1) is 0 Å². The maximum atomic E-state index is 11.4. The van der Waals surface area contributed by atoms with E-state index in [1.807, 2.05) is 6.92 Å². The number of aromatic nitrogens is 1. The zero-order chi connectivity index (χ0) is 13.8. The highest BCUT2D eigenvalue weighted by Crippen LogP contribution is 2.16. The van der Waals surface area contributed by atoms with Crippen molar-refractivity contribution in [1.29, 1.82) is 0 Å². The Balaban J connectivity index is 2.05. The third kappa shape index (κ3) is 3.01. The molecule has 7 nitrogen and oxygen atoms in total. The van der Waals surface area contributed by atoms with Crippen LogP contribution in [-0.2, 0) is 13.1 Å².